The number of hydrogen-bond donors (Lipinski definition) is 1. The quantitative estimate of drug-likeness (QED) is 0.725. The molecule has 0 fully saturated rings. The van der Waals surface area contributed by atoms with Crippen LogP contribution in [0.1, 0.15) is 12.6 Å². The molecule has 0 saturated heterocycles. The Labute approximate surface area is 73.1 Å². The number of likely N-dealkylation sites (N-methyl/N-ethyl adjacent to an activating group) is 1. The molecule has 0 radical (unpaired) electrons. The Hall–Kier alpha value is -1.09. The van der Waals surface area contributed by atoms with Crippen molar-refractivity contribution < 1.29 is 0 Å². The predicted molar refractivity (Wildman–Crippen MR) is 50.8 cm³/mol. The van der Waals surface area contributed by atoms with Crippen molar-refractivity contribution in [2.24, 2.45) is 7.05 Å². The fraction of sp³-hybridized carbons (Fsp3) is 0.444. The van der Waals surface area contributed by atoms with E-state index in [2.05, 4.69) is 29.5 Å². The lowest BCUT2D eigenvalue weighted by Gasteiger charge is -2.01. The van der Waals surface area contributed by atoms with Crippen LogP contribution in [0.5, 0.6) is 0 Å². The first-order valence-electron chi connectivity index (χ1n) is 4.07. The van der Waals surface area contributed by atoms with Crippen molar-refractivity contribution in [2.45, 2.75) is 13.0 Å². The van der Waals surface area contributed by atoms with Crippen LogP contribution in [0.2, 0.25) is 0 Å². The Morgan fingerprint density at radius 3 is 2.92 bits per heavy atom. The molecule has 0 amide bonds. The van der Waals surface area contributed by atoms with E-state index in [0.29, 0.717) is 6.04 Å². The van der Waals surface area contributed by atoms with Gasteiger partial charge in [0, 0.05) is 19.3 Å². The van der Waals surface area contributed by atoms with E-state index in [4.69, 9.17) is 0 Å². The number of aromatic nitrogens is 2. The summed E-state index contributed by atoms with van der Waals surface area (Å²) >= 11 is 0. The van der Waals surface area contributed by atoms with Crippen molar-refractivity contribution in [3.8, 4) is 0 Å². The van der Waals surface area contributed by atoms with Crippen LogP contribution in [0.4, 0.5) is 0 Å². The molecule has 0 aliphatic heterocycles. The predicted octanol–water partition coefficient (Wildman–Crippen LogP) is 1.04. The summed E-state index contributed by atoms with van der Waals surface area (Å²) in [4.78, 5) is 0. The number of nitrogens with one attached hydrogen (secondary N) is 1. The molecule has 1 unspecified atom stereocenters. The van der Waals surface area contributed by atoms with E-state index in [-0.39, 0.29) is 0 Å². The summed E-state index contributed by atoms with van der Waals surface area (Å²) in [6.07, 6.45) is 5.97. The van der Waals surface area contributed by atoms with Crippen LogP contribution in [0, 0.1) is 0 Å². The van der Waals surface area contributed by atoms with E-state index < -0.39 is 0 Å². The zero-order valence-corrected chi connectivity index (χ0v) is 7.78. The molecule has 1 N–H and O–H groups in total. The average molecular weight is 165 g/mol. The maximum atomic E-state index is 4.07. The first kappa shape index (κ1) is 9.00. The highest BCUT2D eigenvalue weighted by Gasteiger charge is 1.93. The lowest BCUT2D eigenvalue weighted by atomic mass is 10.3. The lowest BCUT2D eigenvalue weighted by molar-refractivity contribution is 0.728. The normalized spacial score (nSPS) is 13.9. The van der Waals surface area contributed by atoms with Crippen molar-refractivity contribution in [2.75, 3.05) is 7.05 Å². The molecular weight excluding hydrogens is 150 g/mol. The van der Waals surface area contributed by atoms with E-state index in [1.165, 1.54) is 0 Å². The SMILES string of the molecule is CNC(C)/C=C/c1ccnn1C. The lowest BCUT2D eigenvalue weighted by Crippen LogP contribution is -2.17. The van der Waals surface area contributed by atoms with Crippen molar-refractivity contribution in [1.29, 1.82) is 0 Å². The second-order valence-electron chi connectivity index (χ2n) is 2.82. The third-order valence-electron chi connectivity index (χ3n) is 1.87. The van der Waals surface area contributed by atoms with Gasteiger partial charge in [0.1, 0.15) is 0 Å². The molecule has 3 heteroatoms. The van der Waals surface area contributed by atoms with Crippen LogP contribution in [0.25, 0.3) is 6.08 Å². The van der Waals surface area contributed by atoms with Gasteiger partial charge in [0.2, 0.25) is 0 Å². The van der Waals surface area contributed by atoms with Crippen molar-refractivity contribution in [3.05, 3.63) is 24.0 Å². The molecule has 1 aromatic heterocycles. The standard InChI is InChI=1S/C9H15N3/c1-8(10-2)4-5-9-6-7-11-12(9)3/h4-8,10H,1-3H3/b5-4+. The highest BCUT2D eigenvalue weighted by atomic mass is 15.2. The molecule has 0 aliphatic carbocycles. The van der Waals surface area contributed by atoms with E-state index in [9.17, 15) is 0 Å². The molecule has 1 atom stereocenters. The van der Waals surface area contributed by atoms with Crippen LogP contribution in [0.15, 0.2) is 18.3 Å². The molecule has 66 valence electrons. The number of aryl methyl sites for hydroxylation is 1. The smallest absolute Gasteiger partial charge is 0.0603 e. The summed E-state index contributed by atoms with van der Waals surface area (Å²) in [6.45, 7) is 2.10. The van der Waals surface area contributed by atoms with Crippen LogP contribution < -0.4 is 5.32 Å². The monoisotopic (exact) mass is 165 g/mol. The van der Waals surface area contributed by atoms with Gasteiger partial charge in [0.05, 0.1) is 5.69 Å². The van der Waals surface area contributed by atoms with E-state index in [0.717, 1.165) is 5.69 Å². The molecule has 12 heavy (non-hydrogen) atoms. The molecular formula is C9H15N3. The fourth-order valence-corrected chi connectivity index (χ4v) is 0.887. The molecule has 0 saturated carbocycles. The largest absolute Gasteiger partial charge is 0.314 e. The van der Waals surface area contributed by atoms with Gasteiger partial charge in [-0.25, -0.2) is 0 Å². The molecule has 0 aromatic carbocycles. The zero-order valence-electron chi connectivity index (χ0n) is 7.78. The summed E-state index contributed by atoms with van der Waals surface area (Å²) in [5.41, 5.74) is 1.12. The number of nitrogens with zero attached hydrogens (tertiary/aromatic N) is 2. The minimum atomic E-state index is 0.403. The maximum absolute atomic E-state index is 4.07. The third-order valence-corrected chi connectivity index (χ3v) is 1.87. The Bertz CT molecular complexity index is 262. The van der Waals surface area contributed by atoms with Gasteiger partial charge in [0.15, 0.2) is 0 Å². The van der Waals surface area contributed by atoms with Crippen LogP contribution >= 0.6 is 0 Å². The molecule has 1 aromatic rings. The fourth-order valence-electron chi connectivity index (χ4n) is 0.887. The minimum absolute atomic E-state index is 0.403. The second-order valence-corrected chi connectivity index (χ2v) is 2.82. The first-order valence-corrected chi connectivity index (χ1v) is 4.07. The van der Waals surface area contributed by atoms with E-state index in [1.54, 1.807) is 6.20 Å². The second kappa shape index (κ2) is 4.07. The van der Waals surface area contributed by atoms with Crippen LogP contribution in [0.3, 0.4) is 0 Å². The van der Waals surface area contributed by atoms with Crippen molar-refractivity contribution >= 4 is 6.08 Å². The molecule has 1 heterocycles. The minimum Gasteiger partial charge on any atom is -0.314 e. The van der Waals surface area contributed by atoms with E-state index >= 15 is 0 Å². The molecule has 0 aliphatic rings. The highest BCUT2D eigenvalue weighted by Crippen LogP contribution is 1.99. The Kier molecular flexibility index (Phi) is 3.05. The van der Waals surface area contributed by atoms with Gasteiger partial charge in [0.25, 0.3) is 0 Å². The summed E-state index contributed by atoms with van der Waals surface area (Å²) < 4.78 is 1.85. The van der Waals surface area contributed by atoms with Crippen LogP contribution in [-0.4, -0.2) is 22.9 Å². The van der Waals surface area contributed by atoms with Crippen molar-refractivity contribution in [1.82, 2.24) is 15.1 Å². The highest BCUT2D eigenvalue weighted by molar-refractivity contribution is 5.44. The van der Waals surface area contributed by atoms with Crippen molar-refractivity contribution in [3.63, 3.8) is 0 Å². The Morgan fingerprint density at radius 1 is 1.67 bits per heavy atom. The summed E-state index contributed by atoms with van der Waals surface area (Å²) in [6, 6.07) is 2.39. The topological polar surface area (TPSA) is 29.9 Å². The number of hydrogen-bond acceptors (Lipinski definition) is 2. The van der Waals surface area contributed by atoms with Gasteiger partial charge in [-0.2, -0.15) is 5.10 Å². The number of rotatable bonds is 3. The van der Waals surface area contributed by atoms with Gasteiger partial charge in [-0.1, -0.05) is 6.08 Å². The Morgan fingerprint density at radius 2 is 2.42 bits per heavy atom. The molecule has 0 bridgehead atoms. The summed E-state index contributed by atoms with van der Waals surface area (Å²) in [7, 11) is 3.88. The summed E-state index contributed by atoms with van der Waals surface area (Å²) in [5, 5.41) is 7.20. The van der Waals surface area contributed by atoms with Gasteiger partial charge >= 0.3 is 0 Å². The van der Waals surface area contributed by atoms with E-state index in [1.807, 2.05) is 24.8 Å². The van der Waals surface area contributed by atoms with Gasteiger partial charge in [-0.15, -0.1) is 0 Å². The zero-order chi connectivity index (χ0) is 8.97. The third kappa shape index (κ3) is 2.20. The first-order chi connectivity index (χ1) is 5.74. The molecule has 0 spiro atoms. The molecule has 3 nitrogen and oxygen atoms in total. The molecule has 1 rings (SSSR count). The Balaban J connectivity index is 2.63. The average Bonchev–Trinajstić information content (AvgIpc) is 2.47. The van der Waals surface area contributed by atoms with Crippen LogP contribution in [-0.2, 0) is 7.05 Å². The van der Waals surface area contributed by atoms with Gasteiger partial charge in [-0.3, -0.25) is 4.68 Å². The van der Waals surface area contributed by atoms with Gasteiger partial charge in [-0.05, 0) is 26.1 Å². The van der Waals surface area contributed by atoms with Gasteiger partial charge < -0.3 is 5.32 Å². The maximum Gasteiger partial charge on any atom is 0.0603 e. The summed E-state index contributed by atoms with van der Waals surface area (Å²) in [5.74, 6) is 0.